The van der Waals surface area contributed by atoms with Crippen molar-refractivity contribution in [3.05, 3.63) is 63.9 Å². The Morgan fingerprint density at radius 3 is 2.36 bits per heavy atom. The Hall–Kier alpha value is -0.581. The molecule has 0 heterocycles. The van der Waals surface area contributed by atoms with E-state index in [1.807, 2.05) is 0 Å². The molecule has 2 rings (SSSR count). The molecule has 0 saturated heterocycles. The van der Waals surface area contributed by atoms with Crippen LogP contribution in [0.25, 0.3) is 0 Å². The summed E-state index contributed by atoms with van der Waals surface area (Å²) in [6.45, 7) is 1.61. The first-order chi connectivity index (χ1) is 9.93. The fourth-order valence-corrected chi connectivity index (χ4v) is 2.21. The predicted octanol–water partition coefficient (Wildman–Crippen LogP) is 2.35. The van der Waals surface area contributed by atoms with Crippen LogP contribution in [0, 0.1) is 12.7 Å². The van der Waals surface area contributed by atoms with Gasteiger partial charge in [-0.05, 0) is 48.3 Å². The van der Waals surface area contributed by atoms with Gasteiger partial charge >= 0.3 is 7.12 Å². The van der Waals surface area contributed by atoms with Crippen molar-refractivity contribution in [2.24, 2.45) is 0 Å². The van der Waals surface area contributed by atoms with E-state index in [-0.39, 0.29) is 43.7 Å². The van der Waals surface area contributed by atoms with Crippen molar-refractivity contribution in [1.82, 2.24) is 0 Å². The van der Waals surface area contributed by atoms with Crippen LogP contribution in [0.4, 0.5) is 4.39 Å². The zero-order chi connectivity index (χ0) is 15.6. The van der Waals surface area contributed by atoms with Gasteiger partial charge in [-0.3, -0.25) is 4.79 Å². The molecule has 111 valence electrons. The largest absolute Gasteiger partial charge is 0.491 e. The van der Waals surface area contributed by atoms with Gasteiger partial charge in [0.15, 0.2) is 5.78 Å². The summed E-state index contributed by atoms with van der Waals surface area (Å²) in [4.78, 5) is 12.4. The quantitative estimate of drug-likeness (QED) is 0.639. The van der Waals surface area contributed by atoms with Crippen molar-refractivity contribution in [3.63, 3.8) is 0 Å². The average molecular weight is 395 g/mol. The molecular formula is C15H13BClFO3Y. The first-order valence-electron chi connectivity index (χ1n) is 6.25. The molecule has 0 bridgehead atoms. The van der Waals surface area contributed by atoms with E-state index < -0.39 is 18.7 Å². The zero-order valence-corrected chi connectivity index (χ0v) is 15.7. The molecule has 0 aliphatic rings. The fourth-order valence-electron chi connectivity index (χ4n) is 2.08. The third kappa shape index (κ3) is 4.24. The minimum absolute atomic E-state index is 0. The number of rotatable bonds is 4. The number of hydrogen-bond donors (Lipinski definition) is 1. The molecule has 0 aromatic heterocycles. The van der Waals surface area contributed by atoms with E-state index in [1.54, 1.807) is 31.2 Å². The Morgan fingerprint density at radius 1 is 1.27 bits per heavy atom. The summed E-state index contributed by atoms with van der Waals surface area (Å²) in [5.41, 5.74) is 1.02. The van der Waals surface area contributed by atoms with Crippen molar-refractivity contribution in [2.75, 3.05) is 7.11 Å². The van der Waals surface area contributed by atoms with E-state index in [9.17, 15) is 14.2 Å². The van der Waals surface area contributed by atoms with Crippen LogP contribution >= 0.6 is 11.6 Å². The summed E-state index contributed by atoms with van der Waals surface area (Å²) in [5.74, 6) is -1.12. The molecule has 0 saturated carbocycles. The number of aryl methyl sites for hydroxylation is 1. The van der Waals surface area contributed by atoms with Gasteiger partial charge in [-0.15, -0.1) is 0 Å². The topological polar surface area (TPSA) is 46.5 Å². The van der Waals surface area contributed by atoms with Gasteiger partial charge < -0.3 is 9.68 Å². The molecule has 2 aromatic rings. The van der Waals surface area contributed by atoms with Gasteiger partial charge in [-0.2, -0.15) is 0 Å². The zero-order valence-electron chi connectivity index (χ0n) is 12.1. The monoisotopic (exact) mass is 395 g/mol. The summed E-state index contributed by atoms with van der Waals surface area (Å²) in [7, 11) is 0.0860. The fraction of sp³-hybridized carbons (Fsp3) is 0.133. The molecule has 0 amide bonds. The third-order valence-corrected chi connectivity index (χ3v) is 3.40. The Labute approximate surface area is 158 Å². The van der Waals surface area contributed by atoms with E-state index in [0.717, 1.165) is 6.07 Å². The molecule has 0 aliphatic heterocycles. The molecule has 3 nitrogen and oxygen atoms in total. The van der Waals surface area contributed by atoms with Crippen molar-refractivity contribution in [2.45, 2.75) is 6.92 Å². The summed E-state index contributed by atoms with van der Waals surface area (Å²) < 4.78 is 18.9. The van der Waals surface area contributed by atoms with Gasteiger partial charge in [0.2, 0.25) is 0 Å². The SMILES string of the molecule is COB(O)c1cc(C)c(C(=O)c2ccc(Cl)cc2)c(F)c1.[Y]. The Kier molecular flexibility index (Phi) is 7.36. The van der Waals surface area contributed by atoms with Gasteiger partial charge in [0.25, 0.3) is 0 Å². The van der Waals surface area contributed by atoms with Gasteiger partial charge in [-0.1, -0.05) is 17.7 Å². The molecule has 0 fully saturated rings. The van der Waals surface area contributed by atoms with Crippen molar-refractivity contribution in [3.8, 4) is 0 Å². The summed E-state index contributed by atoms with van der Waals surface area (Å²) in [6, 6.07) is 8.86. The molecule has 0 aliphatic carbocycles. The Morgan fingerprint density at radius 2 is 1.86 bits per heavy atom. The van der Waals surface area contributed by atoms with Crippen LogP contribution in [-0.4, -0.2) is 25.0 Å². The molecule has 22 heavy (non-hydrogen) atoms. The van der Waals surface area contributed by atoms with E-state index in [2.05, 4.69) is 0 Å². The maximum atomic E-state index is 14.2. The molecule has 7 heteroatoms. The number of ketones is 1. The van der Waals surface area contributed by atoms with Gasteiger partial charge in [0.1, 0.15) is 5.82 Å². The predicted molar refractivity (Wildman–Crippen MR) is 80.6 cm³/mol. The van der Waals surface area contributed by atoms with Crippen molar-refractivity contribution in [1.29, 1.82) is 0 Å². The average Bonchev–Trinajstić information content (AvgIpc) is 2.46. The normalized spacial score (nSPS) is 10.0. The van der Waals surface area contributed by atoms with Gasteiger partial charge in [0.05, 0.1) is 5.56 Å². The van der Waals surface area contributed by atoms with Gasteiger partial charge in [0, 0.05) is 50.4 Å². The molecule has 1 N–H and O–H groups in total. The van der Waals surface area contributed by atoms with Crippen LogP contribution in [0.5, 0.6) is 0 Å². The first kappa shape index (κ1) is 19.5. The Bertz CT molecular complexity index is 656. The minimum atomic E-state index is -1.22. The summed E-state index contributed by atoms with van der Waals surface area (Å²) >= 11 is 5.77. The molecule has 1 radical (unpaired) electrons. The smallest absolute Gasteiger partial charge is 0.423 e. The first-order valence-corrected chi connectivity index (χ1v) is 6.63. The standard InChI is InChI=1S/C15H13BClFO3.Y/c1-9-7-11(16(20)21-2)8-13(18)14(9)15(19)10-3-5-12(17)6-4-10;/h3-8,20H,1-2H3;. The van der Waals surface area contributed by atoms with Crippen molar-refractivity contribution < 1.29 is 51.6 Å². The van der Waals surface area contributed by atoms with Crippen LogP contribution in [0.1, 0.15) is 21.5 Å². The van der Waals surface area contributed by atoms with Crippen LogP contribution in [0.15, 0.2) is 36.4 Å². The number of hydrogen-bond acceptors (Lipinski definition) is 3. The molecular weight excluding hydrogens is 382 g/mol. The number of halogens is 2. The Balaban J connectivity index is 0.00000242. The van der Waals surface area contributed by atoms with Crippen LogP contribution in [0.3, 0.4) is 0 Å². The van der Waals surface area contributed by atoms with E-state index in [1.165, 1.54) is 13.2 Å². The number of carbonyl (C=O) groups excluding carboxylic acids is 1. The second-order valence-corrected chi connectivity index (χ2v) is 5.06. The molecule has 2 aromatic carbocycles. The second kappa shape index (κ2) is 8.32. The minimum Gasteiger partial charge on any atom is -0.423 e. The number of carbonyl (C=O) groups is 1. The van der Waals surface area contributed by atoms with Crippen LogP contribution in [0.2, 0.25) is 5.02 Å². The maximum absolute atomic E-state index is 14.2. The van der Waals surface area contributed by atoms with Crippen LogP contribution in [-0.2, 0) is 37.4 Å². The number of benzene rings is 2. The summed E-state index contributed by atoms with van der Waals surface area (Å²) in [5, 5.41) is 10.1. The summed E-state index contributed by atoms with van der Waals surface area (Å²) in [6.07, 6.45) is 0. The van der Waals surface area contributed by atoms with E-state index >= 15 is 0 Å². The van der Waals surface area contributed by atoms with E-state index in [4.69, 9.17) is 16.3 Å². The van der Waals surface area contributed by atoms with Crippen molar-refractivity contribution >= 4 is 30.0 Å². The van der Waals surface area contributed by atoms with E-state index in [0.29, 0.717) is 16.1 Å². The molecule has 0 spiro atoms. The third-order valence-electron chi connectivity index (χ3n) is 3.15. The molecule has 0 unspecified atom stereocenters. The van der Waals surface area contributed by atoms with Gasteiger partial charge in [-0.25, -0.2) is 4.39 Å². The van der Waals surface area contributed by atoms with Crippen LogP contribution < -0.4 is 5.46 Å². The maximum Gasteiger partial charge on any atom is 0.491 e. The molecule has 0 atom stereocenters. The second-order valence-electron chi connectivity index (χ2n) is 4.62.